The molecule has 0 aromatic rings. The van der Waals surface area contributed by atoms with Crippen molar-refractivity contribution in [2.24, 2.45) is 0 Å². The van der Waals surface area contributed by atoms with E-state index in [2.05, 4.69) is 0 Å². The smallest absolute Gasteiger partial charge is 0.693 e. The molecule has 4 atom stereocenters. The van der Waals surface area contributed by atoms with Gasteiger partial charge in [0.25, 0.3) is 0 Å². The Labute approximate surface area is 105 Å². The second-order valence-electron chi connectivity index (χ2n) is 2.77. The van der Waals surface area contributed by atoms with E-state index in [0.29, 0.717) is 13.2 Å². The van der Waals surface area contributed by atoms with Crippen molar-refractivity contribution in [3.05, 3.63) is 12.3 Å². The summed E-state index contributed by atoms with van der Waals surface area (Å²) in [4.78, 5) is 0. The molecule has 0 radical (unpaired) electrons. The summed E-state index contributed by atoms with van der Waals surface area (Å²) in [5, 5.41) is 18.4. The molecule has 96 valence electrons. The van der Waals surface area contributed by atoms with Gasteiger partial charge in [-0.1, -0.05) is 0 Å². The fourth-order valence-electron chi connectivity index (χ4n) is 0.945. The minimum Gasteiger partial charge on any atom is -0.693 e. The molecule has 2 fully saturated rings. The van der Waals surface area contributed by atoms with E-state index in [1.807, 2.05) is 0 Å². The van der Waals surface area contributed by atoms with Crippen LogP contribution in [-0.4, -0.2) is 47.8 Å². The first kappa shape index (κ1) is 18.4. The number of halogens is 2. The molecular weight excluding hydrogens is 430 g/mol. The summed E-state index contributed by atoms with van der Waals surface area (Å²) in [5.74, 6) is 0. The maximum Gasteiger partial charge on any atom is -0.693 e. The van der Waals surface area contributed by atoms with Gasteiger partial charge in [0.2, 0.25) is 0 Å². The third-order valence-corrected chi connectivity index (χ3v) is 1.83. The Morgan fingerprint density at radius 3 is 1.33 bits per heavy atom. The molecule has 2 heterocycles. The number of rotatable bonds is 3. The van der Waals surface area contributed by atoms with Crippen LogP contribution in [0.3, 0.4) is 0 Å². The molecule has 6 N–H and O–H groups in total. The minimum atomic E-state index is -0.757. The van der Waals surface area contributed by atoms with Gasteiger partial charge < -0.3 is 32.0 Å². The Morgan fingerprint density at radius 1 is 1.00 bits per heavy atom. The molecule has 0 bridgehead atoms. The van der Waals surface area contributed by atoms with Gasteiger partial charge in [0, 0.05) is 0 Å². The zero-order valence-corrected chi connectivity index (χ0v) is 11.4. The van der Waals surface area contributed by atoms with Crippen molar-refractivity contribution < 1.29 is 36.2 Å². The molecule has 6 nitrogen and oxygen atoms in total. The SMILES string of the molecule is OC(C1CO1)C(O)C1CO1.[Cl][Pt+2][Cl].[NH2-].[NH2-]. The zero-order valence-electron chi connectivity index (χ0n) is 7.66. The number of nitrogens with two attached hydrogens (primary N) is 2. The van der Waals surface area contributed by atoms with Crippen molar-refractivity contribution in [2.45, 2.75) is 24.4 Å². The summed E-state index contributed by atoms with van der Waals surface area (Å²) >= 11 is -0.472. The van der Waals surface area contributed by atoms with E-state index >= 15 is 0 Å². The Morgan fingerprint density at radius 2 is 1.20 bits per heavy atom. The molecule has 0 saturated carbocycles. The zero-order chi connectivity index (χ0) is 9.84. The van der Waals surface area contributed by atoms with E-state index in [1.165, 1.54) is 0 Å². The van der Waals surface area contributed by atoms with Crippen LogP contribution in [-0.2, 0) is 26.0 Å². The van der Waals surface area contributed by atoms with Crippen LogP contribution in [0.25, 0.3) is 12.3 Å². The van der Waals surface area contributed by atoms with Crippen LogP contribution in [0.1, 0.15) is 0 Å². The molecule has 9 heteroatoms. The van der Waals surface area contributed by atoms with E-state index in [4.69, 9.17) is 28.3 Å². The van der Waals surface area contributed by atoms with Gasteiger partial charge in [0.05, 0.1) is 13.2 Å². The van der Waals surface area contributed by atoms with E-state index < -0.39 is 28.7 Å². The molecule has 2 aliphatic rings. The van der Waals surface area contributed by atoms with Crippen LogP contribution < -0.4 is 0 Å². The molecule has 0 amide bonds. The van der Waals surface area contributed by atoms with Crippen molar-refractivity contribution in [1.82, 2.24) is 0 Å². The number of epoxide rings is 2. The van der Waals surface area contributed by atoms with Crippen LogP contribution in [0.4, 0.5) is 0 Å². The van der Waals surface area contributed by atoms with Crippen molar-refractivity contribution in [3.63, 3.8) is 0 Å². The van der Waals surface area contributed by atoms with Gasteiger partial charge in [-0.3, -0.25) is 0 Å². The molecule has 2 aliphatic heterocycles. The summed E-state index contributed by atoms with van der Waals surface area (Å²) in [6.07, 6.45) is -1.82. The summed E-state index contributed by atoms with van der Waals surface area (Å²) in [6.45, 7) is 1.12. The Balaban J connectivity index is 0. The summed E-state index contributed by atoms with van der Waals surface area (Å²) < 4.78 is 9.61. The first-order chi connectivity index (χ1) is 6.20. The van der Waals surface area contributed by atoms with E-state index in [1.54, 1.807) is 0 Å². The maximum atomic E-state index is 9.21. The maximum absolute atomic E-state index is 9.21. The molecule has 0 aliphatic carbocycles. The Kier molecular flexibility index (Phi) is 11.2. The van der Waals surface area contributed by atoms with E-state index in [9.17, 15) is 10.2 Å². The van der Waals surface area contributed by atoms with Gasteiger partial charge in [0.15, 0.2) is 0 Å². The number of hydrogen-bond donors (Lipinski definition) is 2. The normalized spacial score (nSPS) is 29.9. The topological polar surface area (TPSA) is 133 Å². The van der Waals surface area contributed by atoms with Crippen LogP contribution >= 0.6 is 18.8 Å². The third kappa shape index (κ3) is 7.05. The van der Waals surface area contributed by atoms with E-state index in [-0.39, 0.29) is 24.5 Å². The molecule has 2 saturated heterocycles. The Bertz CT molecular complexity index is 146. The van der Waals surface area contributed by atoms with Crippen LogP contribution in [0, 0.1) is 0 Å². The van der Waals surface area contributed by atoms with Crippen LogP contribution in [0.2, 0.25) is 0 Å². The summed E-state index contributed by atoms with van der Waals surface area (Å²) in [5.41, 5.74) is 0. The Hall–Kier alpha value is 1.03. The van der Waals surface area contributed by atoms with Crippen molar-refractivity contribution in [3.8, 4) is 0 Å². The van der Waals surface area contributed by atoms with Crippen LogP contribution in [0.15, 0.2) is 0 Å². The van der Waals surface area contributed by atoms with Crippen LogP contribution in [0.5, 0.6) is 0 Å². The summed E-state index contributed by atoms with van der Waals surface area (Å²) in [7, 11) is 9.75. The minimum absolute atomic E-state index is 0. The predicted molar refractivity (Wildman–Crippen MR) is 53.8 cm³/mol. The quantitative estimate of drug-likeness (QED) is 0.636. The fraction of sp³-hybridized carbons (Fsp3) is 1.00. The molecule has 4 unspecified atom stereocenters. The van der Waals surface area contributed by atoms with Gasteiger partial charge in [-0.05, 0) is 0 Å². The van der Waals surface area contributed by atoms with Gasteiger partial charge in [-0.15, -0.1) is 0 Å². The summed E-state index contributed by atoms with van der Waals surface area (Å²) in [6, 6.07) is 0. The van der Waals surface area contributed by atoms with Gasteiger partial charge >= 0.3 is 35.3 Å². The van der Waals surface area contributed by atoms with Gasteiger partial charge in [0.1, 0.15) is 24.4 Å². The standard InChI is InChI=1S/C6H10O4.2ClH.2H2N.Pt/c7-5(3-1-9-3)6(8)4-2-10-4;;;;;/h3-8H,1-2H2;2*1H;2*1H2;/q;;;2*-1;+4/p-2. The first-order valence-corrected chi connectivity index (χ1v) is 9.25. The number of ether oxygens (including phenoxy) is 2. The average molecular weight is 444 g/mol. The number of aliphatic hydroxyl groups is 2. The number of aliphatic hydroxyl groups excluding tert-OH is 2. The largest absolute Gasteiger partial charge is 0.693 e. The van der Waals surface area contributed by atoms with Crippen molar-refractivity contribution >= 4 is 18.8 Å². The third-order valence-electron chi connectivity index (χ3n) is 1.83. The molecule has 0 aromatic carbocycles. The second-order valence-corrected chi connectivity index (χ2v) is 6.05. The van der Waals surface area contributed by atoms with Crippen molar-refractivity contribution in [1.29, 1.82) is 0 Å². The van der Waals surface area contributed by atoms with Crippen molar-refractivity contribution in [2.75, 3.05) is 13.2 Å². The predicted octanol–water partition coefficient (Wildman–Crippen LogP) is 1.32. The first-order valence-electron chi connectivity index (χ1n) is 3.62. The molecule has 0 spiro atoms. The molecule has 15 heavy (non-hydrogen) atoms. The molecule has 2 rings (SSSR count). The fourth-order valence-corrected chi connectivity index (χ4v) is 0.945. The number of hydrogen-bond acceptors (Lipinski definition) is 4. The monoisotopic (exact) mass is 443 g/mol. The second kappa shape index (κ2) is 9.10. The molecular formula is C6H14Cl2N2O4Pt. The van der Waals surface area contributed by atoms with Gasteiger partial charge in [-0.25, -0.2) is 0 Å². The van der Waals surface area contributed by atoms with E-state index in [0.717, 1.165) is 0 Å². The molecule has 0 aromatic heterocycles. The van der Waals surface area contributed by atoms with Gasteiger partial charge in [-0.2, -0.15) is 0 Å². The average Bonchev–Trinajstić information content (AvgIpc) is 2.92.